The summed E-state index contributed by atoms with van der Waals surface area (Å²) in [6.07, 6.45) is 4.69. The molecule has 8 heteroatoms. The van der Waals surface area contributed by atoms with Crippen molar-refractivity contribution >= 4 is 17.7 Å². The van der Waals surface area contributed by atoms with Crippen LogP contribution in [0.2, 0.25) is 0 Å². The molecule has 8 nitrogen and oxygen atoms in total. The van der Waals surface area contributed by atoms with Gasteiger partial charge in [0.1, 0.15) is 12.1 Å². The summed E-state index contributed by atoms with van der Waals surface area (Å²) in [6, 6.07) is 6.72. The van der Waals surface area contributed by atoms with Gasteiger partial charge in [-0.25, -0.2) is 0 Å². The molecular weight excluding hydrogens is 394 g/mol. The van der Waals surface area contributed by atoms with E-state index in [4.69, 9.17) is 0 Å². The minimum atomic E-state index is -0.621. The Morgan fingerprint density at radius 1 is 1.10 bits per heavy atom. The lowest BCUT2D eigenvalue weighted by molar-refractivity contribution is -0.143. The van der Waals surface area contributed by atoms with Crippen LogP contribution in [0.5, 0.6) is 0 Å². The first kappa shape index (κ1) is 21.8. The Balaban J connectivity index is 1.47. The van der Waals surface area contributed by atoms with Crippen LogP contribution < -0.4 is 21.3 Å². The van der Waals surface area contributed by atoms with Crippen LogP contribution in [0.3, 0.4) is 0 Å². The highest BCUT2D eigenvalue weighted by molar-refractivity contribution is 5.94. The van der Waals surface area contributed by atoms with Gasteiger partial charge in [0.05, 0.1) is 18.2 Å². The van der Waals surface area contributed by atoms with Crippen molar-refractivity contribution in [2.24, 2.45) is 0 Å². The van der Waals surface area contributed by atoms with Gasteiger partial charge in [0, 0.05) is 0 Å². The minimum Gasteiger partial charge on any atom is -0.347 e. The largest absolute Gasteiger partial charge is 0.347 e. The Bertz CT molecular complexity index is 844. The number of carbonyl (C=O) groups excluding carboxylic acids is 3. The van der Waals surface area contributed by atoms with E-state index in [1.54, 1.807) is 18.9 Å². The Labute approximate surface area is 183 Å². The molecule has 3 aliphatic rings. The second kappa shape index (κ2) is 9.36. The van der Waals surface area contributed by atoms with Gasteiger partial charge in [-0.1, -0.05) is 24.3 Å². The standard InChI is InChI=1S/C23H33N5O3/c1-14(24-2)21(29)27-18-12-13-25-20-11-10-19(28(20)23(18)31)22(30)26-17-9-5-7-15-6-3-4-8-16(15)17/h3-4,6,8,14,17-20,24-25H,5,7,9-13H2,1-2H3,(H,26,30)(H,27,29)/t14-,17?,18-,19?,20+/m0/s1. The highest BCUT2D eigenvalue weighted by Crippen LogP contribution is 2.31. The van der Waals surface area contributed by atoms with Crippen LogP contribution >= 0.6 is 0 Å². The van der Waals surface area contributed by atoms with Crippen molar-refractivity contribution in [3.63, 3.8) is 0 Å². The van der Waals surface area contributed by atoms with E-state index < -0.39 is 12.1 Å². The molecule has 2 aliphatic heterocycles. The van der Waals surface area contributed by atoms with Crippen LogP contribution in [-0.4, -0.2) is 60.5 Å². The summed E-state index contributed by atoms with van der Waals surface area (Å²) in [5.74, 6) is -0.485. The number of aryl methyl sites for hydroxylation is 1. The molecule has 0 spiro atoms. The normalized spacial score (nSPS) is 28.8. The van der Waals surface area contributed by atoms with Crippen molar-refractivity contribution < 1.29 is 14.4 Å². The van der Waals surface area contributed by atoms with Gasteiger partial charge in [-0.2, -0.15) is 0 Å². The fourth-order valence-corrected chi connectivity index (χ4v) is 5.01. The third-order valence-electron chi connectivity index (χ3n) is 6.88. The van der Waals surface area contributed by atoms with Gasteiger partial charge in [-0.15, -0.1) is 0 Å². The van der Waals surface area contributed by atoms with E-state index in [1.807, 2.05) is 12.1 Å². The van der Waals surface area contributed by atoms with Crippen molar-refractivity contribution in [1.82, 2.24) is 26.2 Å². The quantitative estimate of drug-likeness (QED) is 0.551. The molecule has 4 N–H and O–H groups in total. The van der Waals surface area contributed by atoms with E-state index in [0.29, 0.717) is 19.4 Å². The summed E-state index contributed by atoms with van der Waals surface area (Å²) in [5.41, 5.74) is 2.47. The zero-order valence-electron chi connectivity index (χ0n) is 18.3. The van der Waals surface area contributed by atoms with E-state index >= 15 is 0 Å². The molecule has 4 rings (SSSR count). The molecular formula is C23H33N5O3. The van der Waals surface area contributed by atoms with Crippen LogP contribution in [0, 0.1) is 0 Å². The number of fused-ring (bicyclic) bond motifs is 2. The molecule has 2 heterocycles. The Kier molecular flexibility index (Phi) is 6.57. The molecule has 2 saturated heterocycles. The van der Waals surface area contributed by atoms with Crippen LogP contribution in [0.15, 0.2) is 24.3 Å². The highest BCUT2D eigenvalue weighted by Gasteiger charge is 2.45. The lowest BCUT2D eigenvalue weighted by Crippen LogP contribution is -2.57. The van der Waals surface area contributed by atoms with Crippen molar-refractivity contribution in [3.8, 4) is 0 Å². The van der Waals surface area contributed by atoms with Gasteiger partial charge >= 0.3 is 0 Å². The van der Waals surface area contributed by atoms with Crippen LogP contribution in [0.1, 0.15) is 56.2 Å². The Morgan fingerprint density at radius 3 is 2.71 bits per heavy atom. The fraction of sp³-hybridized carbons (Fsp3) is 0.609. The summed E-state index contributed by atoms with van der Waals surface area (Å²) in [6.45, 7) is 2.38. The molecule has 1 aromatic rings. The summed E-state index contributed by atoms with van der Waals surface area (Å²) in [7, 11) is 1.71. The van der Waals surface area contributed by atoms with Gasteiger partial charge in [-0.05, 0) is 70.2 Å². The second-order valence-corrected chi connectivity index (χ2v) is 8.82. The van der Waals surface area contributed by atoms with Crippen LogP contribution in [0.4, 0.5) is 0 Å². The third-order valence-corrected chi connectivity index (χ3v) is 6.88. The van der Waals surface area contributed by atoms with E-state index in [2.05, 4.69) is 33.4 Å². The Hall–Kier alpha value is -2.45. The molecule has 0 aromatic heterocycles. The molecule has 1 aliphatic carbocycles. The van der Waals surface area contributed by atoms with Crippen molar-refractivity contribution in [3.05, 3.63) is 35.4 Å². The Morgan fingerprint density at radius 2 is 1.90 bits per heavy atom. The molecule has 168 valence electrons. The number of nitrogens with zero attached hydrogens (tertiary/aromatic N) is 1. The average molecular weight is 428 g/mol. The zero-order valence-corrected chi connectivity index (χ0v) is 18.3. The average Bonchev–Trinajstić information content (AvgIpc) is 3.15. The second-order valence-electron chi connectivity index (χ2n) is 8.82. The number of hydrogen-bond donors (Lipinski definition) is 4. The van der Waals surface area contributed by atoms with E-state index in [0.717, 1.165) is 25.7 Å². The maximum Gasteiger partial charge on any atom is 0.247 e. The lowest BCUT2D eigenvalue weighted by atomic mass is 9.87. The number of benzene rings is 1. The number of rotatable bonds is 5. The fourth-order valence-electron chi connectivity index (χ4n) is 5.01. The van der Waals surface area contributed by atoms with Crippen molar-refractivity contribution in [2.45, 2.75) is 75.8 Å². The number of carbonyl (C=O) groups is 3. The molecule has 0 saturated carbocycles. The number of nitrogens with one attached hydrogen (secondary N) is 4. The number of amides is 3. The van der Waals surface area contributed by atoms with Crippen LogP contribution in [0.25, 0.3) is 0 Å². The lowest BCUT2D eigenvalue weighted by Gasteiger charge is -2.33. The smallest absolute Gasteiger partial charge is 0.247 e. The molecule has 31 heavy (non-hydrogen) atoms. The van der Waals surface area contributed by atoms with Crippen molar-refractivity contribution in [1.29, 1.82) is 0 Å². The summed E-state index contributed by atoms with van der Waals surface area (Å²) in [4.78, 5) is 40.7. The molecule has 3 amide bonds. The molecule has 0 radical (unpaired) electrons. The van der Waals surface area contributed by atoms with E-state index in [-0.39, 0.29) is 36.0 Å². The van der Waals surface area contributed by atoms with Gasteiger partial charge in [0.15, 0.2) is 0 Å². The van der Waals surface area contributed by atoms with Gasteiger partial charge in [0.25, 0.3) is 0 Å². The van der Waals surface area contributed by atoms with Gasteiger partial charge in [0.2, 0.25) is 17.7 Å². The highest BCUT2D eigenvalue weighted by atomic mass is 16.2. The predicted octanol–water partition coefficient (Wildman–Crippen LogP) is 0.583. The summed E-state index contributed by atoms with van der Waals surface area (Å²) >= 11 is 0. The summed E-state index contributed by atoms with van der Waals surface area (Å²) in [5, 5.41) is 12.4. The first-order chi connectivity index (χ1) is 15.0. The molecule has 1 aromatic carbocycles. The summed E-state index contributed by atoms with van der Waals surface area (Å²) < 4.78 is 0. The first-order valence-electron chi connectivity index (χ1n) is 11.4. The zero-order chi connectivity index (χ0) is 22.0. The molecule has 0 bridgehead atoms. The third kappa shape index (κ3) is 4.45. The number of hydrogen-bond acceptors (Lipinski definition) is 5. The number of likely N-dealkylation sites (N-methyl/N-ethyl adjacent to an activating group) is 1. The van der Waals surface area contributed by atoms with Gasteiger partial charge < -0.3 is 20.9 Å². The maximum atomic E-state index is 13.3. The first-order valence-corrected chi connectivity index (χ1v) is 11.4. The molecule has 5 atom stereocenters. The van der Waals surface area contributed by atoms with Gasteiger partial charge in [-0.3, -0.25) is 19.7 Å². The van der Waals surface area contributed by atoms with Crippen molar-refractivity contribution in [2.75, 3.05) is 13.6 Å². The van der Waals surface area contributed by atoms with E-state index in [9.17, 15) is 14.4 Å². The SMILES string of the molecule is CN[C@@H](C)C(=O)N[C@H]1CCN[C@H]2CCC(C(=O)NC3CCCc4ccccc43)N2C1=O. The monoisotopic (exact) mass is 427 g/mol. The van der Waals surface area contributed by atoms with Crippen LogP contribution in [-0.2, 0) is 20.8 Å². The molecule has 2 unspecified atom stereocenters. The topological polar surface area (TPSA) is 103 Å². The maximum absolute atomic E-state index is 13.3. The molecule has 2 fully saturated rings. The van der Waals surface area contributed by atoms with E-state index in [1.165, 1.54) is 11.1 Å². The minimum absolute atomic E-state index is 0.0153. The predicted molar refractivity (Wildman–Crippen MR) is 117 cm³/mol.